The number of aliphatic hydroxyl groups is 1. The number of hydrogen-bond donors (Lipinski definition) is 1. The molecule has 0 heterocycles. The first-order chi connectivity index (χ1) is 7.58. The molecule has 0 unspecified atom stereocenters. The average Bonchev–Trinajstić information content (AvgIpc) is 2.95. The lowest BCUT2D eigenvalue weighted by Crippen LogP contribution is -2.12. The molecule has 2 rings (SSSR count). The molecule has 4 heteroatoms. The Labute approximate surface area is 99.9 Å². The summed E-state index contributed by atoms with van der Waals surface area (Å²) in [5, 5.41) is 10.5. The first-order valence-electron chi connectivity index (χ1n) is 5.21. The Hall–Kier alpha value is -0.930. The van der Waals surface area contributed by atoms with E-state index in [0.29, 0.717) is 22.9 Å². The van der Waals surface area contributed by atoms with E-state index in [9.17, 15) is 5.11 Å². The SMILES string of the molecule is COc1cc(Cl)cc(CC2(O)CC2)c1OC. The lowest BCUT2D eigenvalue weighted by atomic mass is 10.0. The summed E-state index contributed by atoms with van der Waals surface area (Å²) in [7, 11) is 3.16. The standard InChI is InChI=1S/C12H15ClO3/c1-15-10-6-9(13)5-8(11(10)16-2)7-12(14)3-4-12/h5-6,14H,3-4,7H2,1-2H3. The molecule has 1 N–H and O–H groups in total. The molecule has 1 aliphatic carbocycles. The number of halogens is 1. The summed E-state index contributed by atoms with van der Waals surface area (Å²) in [4.78, 5) is 0. The van der Waals surface area contributed by atoms with Gasteiger partial charge in [0.1, 0.15) is 0 Å². The van der Waals surface area contributed by atoms with Crippen molar-refractivity contribution in [3.63, 3.8) is 0 Å². The highest BCUT2D eigenvalue weighted by Gasteiger charge is 2.41. The minimum Gasteiger partial charge on any atom is -0.493 e. The Kier molecular flexibility index (Phi) is 3.00. The summed E-state index contributed by atoms with van der Waals surface area (Å²) in [6, 6.07) is 3.53. The molecule has 0 atom stereocenters. The van der Waals surface area contributed by atoms with Gasteiger partial charge in [0, 0.05) is 23.1 Å². The summed E-state index contributed by atoms with van der Waals surface area (Å²) < 4.78 is 10.5. The summed E-state index contributed by atoms with van der Waals surface area (Å²) in [6.07, 6.45) is 2.24. The summed E-state index contributed by atoms with van der Waals surface area (Å²) in [5.74, 6) is 1.27. The first-order valence-corrected chi connectivity index (χ1v) is 5.58. The van der Waals surface area contributed by atoms with Gasteiger partial charge in [0.05, 0.1) is 19.8 Å². The predicted octanol–water partition coefficient (Wildman–Crippen LogP) is 2.42. The summed E-state index contributed by atoms with van der Waals surface area (Å²) in [5.41, 5.74) is 0.329. The second-order valence-electron chi connectivity index (χ2n) is 4.20. The van der Waals surface area contributed by atoms with Crippen LogP contribution in [0.5, 0.6) is 11.5 Å². The van der Waals surface area contributed by atoms with Crippen LogP contribution in [-0.2, 0) is 6.42 Å². The van der Waals surface area contributed by atoms with Gasteiger partial charge in [-0.3, -0.25) is 0 Å². The normalized spacial score (nSPS) is 17.0. The van der Waals surface area contributed by atoms with Crippen molar-refractivity contribution in [2.75, 3.05) is 14.2 Å². The average molecular weight is 243 g/mol. The van der Waals surface area contributed by atoms with Crippen molar-refractivity contribution in [1.29, 1.82) is 0 Å². The van der Waals surface area contributed by atoms with Crippen molar-refractivity contribution in [1.82, 2.24) is 0 Å². The van der Waals surface area contributed by atoms with Crippen LogP contribution in [0.4, 0.5) is 0 Å². The lowest BCUT2D eigenvalue weighted by Gasteiger charge is -2.15. The van der Waals surface area contributed by atoms with Crippen LogP contribution in [-0.4, -0.2) is 24.9 Å². The van der Waals surface area contributed by atoms with E-state index in [2.05, 4.69) is 0 Å². The molecule has 16 heavy (non-hydrogen) atoms. The highest BCUT2D eigenvalue weighted by molar-refractivity contribution is 6.30. The van der Waals surface area contributed by atoms with Gasteiger partial charge in [0.2, 0.25) is 0 Å². The molecule has 1 aromatic rings. The molecule has 88 valence electrons. The monoisotopic (exact) mass is 242 g/mol. The van der Waals surface area contributed by atoms with Gasteiger partial charge in [0.25, 0.3) is 0 Å². The van der Waals surface area contributed by atoms with E-state index in [4.69, 9.17) is 21.1 Å². The van der Waals surface area contributed by atoms with E-state index in [1.807, 2.05) is 6.07 Å². The molecule has 0 aromatic heterocycles. The number of hydrogen-bond acceptors (Lipinski definition) is 3. The minimum absolute atomic E-state index is 0.563. The van der Waals surface area contributed by atoms with Gasteiger partial charge in [-0.15, -0.1) is 0 Å². The van der Waals surface area contributed by atoms with Crippen LogP contribution in [0.15, 0.2) is 12.1 Å². The van der Waals surface area contributed by atoms with Gasteiger partial charge in [-0.1, -0.05) is 11.6 Å². The van der Waals surface area contributed by atoms with E-state index >= 15 is 0 Å². The molecular weight excluding hydrogens is 228 g/mol. The zero-order valence-corrected chi connectivity index (χ0v) is 10.2. The number of rotatable bonds is 4. The van der Waals surface area contributed by atoms with Gasteiger partial charge in [-0.25, -0.2) is 0 Å². The number of methoxy groups -OCH3 is 2. The molecule has 0 saturated heterocycles. The van der Waals surface area contributed by atoms with E-state index in [-0.39, 0.29) is 0 Å². The molecule has 0 bridgehead atoms. The third-order valence-corrected chi connectivity index (χ3v) is 3.09. The van der Waals surface area contributed by atoms with Crippen LogP contribution in [0.25, 0.3) is 0 Å². The molecular formula is C12H15ClO3. The second-order valence-corrected chi connectivity index (χ2v) is 4.64. The Balaban J connectivity index is 2.37. The number of benzene rings is 1. The van der Waals surface area contributed by atoms with E-state index in [1.165, 1.54) is 0 Å². The van der Waals surface area contributed by atoms with E-state index < -0.39 is 5.60 Å². The van der Waals surface area contributed by atoms with Gasteiger partial charge < -0.3 is 14.6 Å². The fourth-order valence-corrected chi connectivity index (χ4v) is 2.04. The van der Waals surface area contributed by atoms with Crippen LogP contribution in [0.2, 0.25) is 5.02 Å². The van der Waals surface area contributed by atoms with Crippen molar-refractivity contribution < 1.29 is 14.6 Å². The van der Waals surface area contributed by atoms with Gasteiger partial charge in [-0.05, 0) is 18.9 Å². The van der Waals surface area contributed by atoms with Crippen LogP contribution in [0.3, 0.4) is 0 Å². The van der Waals surface area contributed by atoms with Crippen LogP contribution in [0.1, 0.15) is 18.4 Å². The maximum Gasteiger partial charge on any atom is 0.164 e. The Morgan fingerprint density at radius 2 is 2.00 bits per heavy atom. The maximum atomic E-state index is 9.92. The van der Waals surface area contributed by atoms with Crippen molar-refractivity contribution >= 4 is 11.6 Å². The van der Waals surface area contributed by atoms with Crippen molar-refractivity contribution in [2.45, 2.75) is 24.9 Å². The highest BCUT2D eigenvalue weighted by atomic mass is 35.5. The van der Waals surface area contributed by atoms with Crippen LogP contribution >= 0.6 is 11.6 Å². The molecule has 0 aliphatic heterocycles. The molecule has 0 amide bonds. The van der Waals surface area contributed by atoms with Crippen LogP contribution < -0.4 is 9.47 Å². The third-order valence-electron chi connectivity index (χ3n) is 2.87. The summed E-state index contributed by atoms with van der Waals surface area (Å²) >= 11 is 5.99. The largest absolute Gasteiger partial charge is 0.493 e. The van der Waals surface area contributed by atoms with Crippen molar-refractivity contribution in [3.8, 4) is 11.5 Å². The molecule has 0 spiro atoms. The van der Waals surface area contributed by atoms with E-state index in [1.54, 1.807) is 20.3 Å². The molecule has 1 aliphatic rings. The Morgan fingerprint density at radius 1 is 1.31 bits per heavy atom. The molecule has 3 nitrogen and oxygen atoms in total. The van der Waals surface area contributed by atoms with Gasteiger partial charge in [0.15, 0.2) is 11.5 Å². The van der Waals surface area contributed by atoms with Gasteiger partial charge in [-0.2, -0.15) is 0 Å². The lowest BCUT2D eigenvalue weighted by molar-refractivity contribution is 0.149. The molecule has 0 radical (unpaired) electrons. The highest BCUT2D eigenvalue weighted by Crippen LogP contribution is 2.43. The fraction of sp³-hybridized carbons (Fsp3) is 0.500. The van der Waals surface area contributed by atoms with Crippen molar-refractivity contribution in [3.05, 3.63) is 22.7 Å². The number of ether oxygens (including phenoxy) is 2. The van der Waals surface area contributed by atoms with Crippen molar-refractivity contribution in [2.24, 2.45) is 0 Å². The summed E-state index contributed by atoms with van der Waals surface area (Å²) in [6.45, 7) is 0. The molecule has 1 fully saturated rings. The maximum absolute atomic E-state index is 9.92. The third kappa shape index (κ3) is 2.25. The Bertz CT molecular complexity index is 399. The molecule has 1 aromatic carbocycles. The second kappa shape index (κ2) is 4.15. The molecule has 1 saturated carbocycles. The van der Waals surface area contributed by atoms with Crippen LogP contribution in [0, 0.1) is 0 Å². The zero-order valence-electron chi connectivity index (χ0n) is 9.42. The van der Waals surface area contributed by atoms with E-state index in [0.717, 1.165) is 18.4 Å². The quantitative estimate of drug-likeness (QED) is 0.881. The first kappa shape index (κ1) is 11.6. The smallest absolute Gasteiger partial charge is 0.164 e. The minimum atomic E-state index is -0.566. The predicted molar refractivity (Wildman–Crippen MR) is 62.4 cm³/mol. The fourth-order valence-electron chi connectivity index (χ4n) is 1.81. The van der Waals surface area contributed by atoms with Gasteiger partial charge >= 0.3 is 0 Å². The topological polar surface area (TPSA) is 38.7 Å². The zero-order chi connectivity index (χ0) is 11.8. The Morgan fingerprint density at radius 3 is 2.50 bits per heavy atom.